The van der Waals surface area contributed by atoms with Crippen molar-refractivity contribution < 1.29 is 47.5 Å². The summed E-state index contributed by atoms with van der Waals surface area (Å²) in [6.45, 7) is 2.86. The van der Waals surface area contributed by atoms with Crippen LogP contribution in [0.4, 0.5) is 0 Å². The van der Waals surface area contributed by atoms with Crippen LogP contribution in [0.15, 0.2) is 0 Å². The zero-order valence-corrected chi connectivity index (χ0v) is 39.7. The molecule has 4 N–H and O–H groups in total. The van der Waals surface area contributed by atoms with Gasteiger partial charge in [-0.15, -0.1) is 0 Å². The Hall–Kier alpha value is -1.52. The normalized spacial score (nSPS) is 13.5. The molecule has 12 heteroatoms. The summed E-state index contributed by atoms with van der Waals surface area (Å²) in [6.07, 6.45) is 44.5. The summed E-state index contributed by atoms with van der Waals surface area (Å²) in [5.74, 6) is -2.35. The Labute approximate surface area is 367 Å². The summed E-state index contributed by atoms with van der Waals surface area (Å²) in [5.41, 5.74) is 5.35. The minimum Gasteiger partial charge on any atom is -0.480 e. The highest BCUT2D eigenvalue weighted by Gasteiger charge is 2.28. The van der Waals surface area contributed by atoms with E-state index in [1.165, 1.54) is 180 Å². The summed E-state index contributed by atoms with van der Waals surface area (Å²) in [6, 6.07) is -1.52. The molecule has 11 nitrogen and oxygen atoms in total. The SMILES string of the molecule is CCCCCCCCCCCCCCCCCCCCCCCC(=O)OC[C@H](COP(=O)(O)OC[C@H](N)C(=O)O)OC(=O)CCCCCCCCCCCCCCCCC. The van der Waals surface area contributed by atoms with E-state index in [1.54, 1.807) is 0 Å². The number of aliphatic carboxylic acids is 1. The molecular formula is C48H94NO10P. The van der Waals surface area contributed by atoms with Crippen LogP contribution in [0.2, 0.25) is 0 Å². The van der Waals surface area contributed by atoms with E-state index < -0.39 is 51.1 Å². The number of esters is 2. The van der Waals surface area contributed by atoms with Gasteiger partial charge >= 0.3 is 25.7 Å². The molecule has 60 heavy (non-hydrogen) atoms. The summed E-state index contributed by atoms with van der Waals surface area (Å²) in [4.78, 5) is 46.1. The predicted molar refractivity (Wildman–Crippen MR) is 245 cm³/mol. The molecule has 0 aliphatic heterocycles. The fourth-order valence-electron chi connectivity index (χ4n) is 7.42. The van der Waals surface area contributed by atoms with Crippen molar-refractivity contribution in [3.63, 3.8) is 0 Å². The van der Waals surface area contributed by atoms with Crippen LogP contribution in [0.1, 0.15) is 258 Å². The summed E-state index contributed by atoms with van der Waals surface area (Å²) in [7, 11) is -4.71. The van der Waals surface area contributed by atoms with Crippen molar-refractivity contribution in [2.45, 2.75) is 270 Å². The van der Waals surface area contributed by atoms with E-state index in [2.05, 4.69) is 18.4 Å². The summed E-state index contributed by atoms with van der Waals surface area (Å²) >= 11 is 0. The van der Waals surface area contributed by atoms with Crippen molar-refractivity contribution in [2.24, 2.45) is 5.73 Å². The lowest BCUT2D eigenvalue weighted by molar-refractivity contribution is -0.161. The number of unbranched alkanes of at least 4 members (excludes halogenated alkanes) is 34. The van der Waals surface area contributed by atoms with Crippen LogP contribution in [-0.4, -0.2) is 59.9 Å². The number of phosphoric ester groups is 1. The molecule has 3 atom stereocenters. The monoisotopic (exact) mass is 876 g/mol. The van der Waals surface area contributed by atoms with Gasteiger partial charge in [0.1, 0.15) is 12.6 Å². The molecular weight excluding hydrogens is 781 g/mol. The van der Waals surface area contributed by atoms with Gasteiger partial charge in [-0.2, -0.15) is 0 Å². The van der Waals surface area contributed by atoms with Gasteiger partial charge in [-0.05, 0) is 12.8 Å². The zero-order valence-electron chi connectivity index (χ0n) is 38.8. The van der Waals surface area contributed by atoms with Gasteiger partial charge in [0, 0.05) is 12.8 Å². The standard InChI is InChI=1S/C48H94NO10P/c1-3-5-7-9-11-13-15-17-19-20-21-22-23-24-26-27-29-31-33-35-37-39-46(50)56-41-44(42-57-60(54,55)58-43-45(49)48(52)53)59-47(51)40-38-36-34-32-30-28-25-18-16-14-12-10-8-6-4-2/h44-45H,3-43,49H2,1-2H3,(H,52,53)(H,54,55)/t44-,45+/m1/s1. The van der Waals surface area contributed by atoms with Gasteiger partial charge < -0.3 is 25.2 Å². The lowest BCUT2D eigenvalue weighted by Crippen LogP contribution is -2.34. The number of carbonyl (C=O) groups excluding carboxylic acids is 2. The maximum atomic E-state index is 12.7. The lowest BCUT2D eigenvalue weighted by atomic mass is 10.0. The van der Waals surface area contributed by atoms with Crippen LogP contribution in [0.25, 0.3) is 0 Å². The van der Waals surface area contributed by atoms with E-state index in [0.29, 0.717) is 12.8 Å². The van der Waals surface area contributed by atoms with Crippen LogP contribution in [0.5, 0.6) is 0 Å². The number of carboxylic acids is 1. The topological polar surface area (TPSA) is 172 Å². The molecule has 0 rings (SSSR count). The first-order valence-corrected chi connectivity index (χ1v) is 26.6. The smallest absolute Gasteiger partial charge is 0.472 e. The molecule has 0 bridgehead atoms. The molecule has 0 aromatic rings. The first kappa shape index (κ1) is 58.5. The Kier molecular flexibility index (Phi) is 43.0. The van der Waals surface area contributed by atoms with E-state index in [0.717, 1.165) is 38.5 Å². The number of nitrogens with two attached hydrogens (primary N) is 1. The van der Waals surface area contributed by atoms with Gasteiger partial charge in [0.2, 0.25) is 0 Å². The van der Waals surface area contributed by atoms with Crippen molar-refractivity contribution in [1.29, 1.82) is 0 Å². The lowest BCUT2D eigenvalue weighted by Gasteiger charge is -2.20. The third-order valence-corrected chi connectivity index (χ3v) is 12.3. The number of ether oxygens (including phenoxy) is 2. The molecule has 0 saturated carbocycles. The van der Waals surface area contributed by atoms with Crippen LogP contribution in [0.3, 0.4) is 0 Å². The Morgan fingerprint density at radius 1 is 0.450 bits per heavy atom. The number of phosphoric acid groups is 1. The fraction of sp³-hybridized carbons (Fsp3) is 0.938. The molecule has 1 unspecified atom stereocenters. The quantitative estimate of drug-likeness (QED) is 0.0302. The van der Waals surface area contributed by atoms with Gasteiger partial charge in [0.25, 0.3) is 0 Å². The molecule has 0 aromatic heterocycles. The van der Waals surface area contributed by atoms with E-state index in [1.807, 2.05) is 0 Å². The second kappa shape index (κ2) is 44.1. The number of hydrogen-bond acceptors (Lipinski definition) is 9. The van der Waals surface area contributed by atoms with Crippen molar-refractivity contribution in [3.8, 4) is 0 Å². The molecule has 0 amide bonds. The number of rotatable bonds is 48. The first-order chi connectivity index (χ1) is 29.1. The average molecular weight is 876 g/mol. The molecule has 0 fully saturated rings. The highest BCUT2D eigenvalue weighted by molar-refractivity contribution is 7.47. The van der Waals surface area contributed by atoms with Gasteiger partial charge in [0.15, 0.2) is 6.10 Å². The van der Waals surface area contributed by atoms with Crippen LogP contribution in [0, 0.1) is 0 Å². The van der Waals surface area contributed by atoms with E-state index in [9.17, 15) is 23.8 Å². The van der Waals surface area contributed by atoms with E-state index in [4.69, 9.17) is 24.8 Å². The van der Waals surface area contributed by atoms with Crippen LogP contribution >= 0.6 is 7.82 Å². The maximum absolute atomic E-state index is 12.7. The molecule has 0 aliphatic carbocycles. The molecule has 356 valence electrons. The molecule has 0 spiro atoms. The summed E-state index contributed by atoms with van der Waals surface area (Å²) < 4.78 is 32.8. The van der Waals surface area contributed by atoms with Gasteiger partial charge in [-0.1, -0.05) is 232 Å². The van der Waals surface area contributed by atoms with Crippen LogP contribution < -0.4 is 5.73 Å². The summed E-state index contributed by atoms with van der Waals surface area (Å²) in [5, 5.41) is 8.91. The highest BCUT2D eigenvalue weighted by atomic mass is 31.2. The fourth-order valence-corrected chi connectivity index (χ4v) is 8.20. The zero-order chi connectivity index (χ0) is 44.2. The number of carboxylic acid groups (broad SMARTS) is 1. The molecule has 0 heterocycles. The van der Waals surface area contributed by atoms with Crippen molar-refractivity contribution in [3.05, 3.63) is 0 Å². The molecule has 0 saturated heterocycles. The molecule has 0 aromatic carbocycles. The maximum Gasteiger partial charge on any atom is 0.472 e. The van der Waals surface area contributed by atoms with E-state index >= 15 is 0 Å². The van der Waals surface area contributed by atoms with Gasteiger partial charge in [-0.25, -0.2) is 4.57 Å². The second-order valence-corrected chi connectivity index (χ2v) is 18.8. The Morgan fingerprint density at radius 3 is 1.05 bits per heavy atom. The minimum atomic E-state index is -4.71. The second-order valence-electron chi connectivity index (χ2n) is 17.3. The number of carbonyl (C=O) groups is 3. The number of hydrogen-bond donors (Lipinski definition) is 3. The minimum absolute atomic E-state index is 0.170. The van der Waals surface area contributed by atoms with Crippen molar-refractivity contribution >= 4 is 25.7 Å². The largest absolute Gasteiger partial charge is 0.480 e. The Balaban J connectivity index is 4.18. The third-order valence-electron chi connectivity index (χ3n) is 11.4. The van der Waals surface area contributed by atoms with Gasteiger partial charge in [-0.3, -0.25) is 23.4 Å². The van der Waals surface area contributed by atoms with Crippen LogP contribution in [-0.2, 0) is 37.5 Å². The van der Waals surface area contributed by atoms with Crippen molar-refractivity contribution in [1.82, 2.24) is 0 Å². The first-order valence-electron chi connectivity index (χ1n) is 25.1. The van der Waals surface area contributed by atoms with E-state index in [-0.39, 0.29) is 19.4 Å². The molecule has 0 radical (unpaired) electrons. The average Bonchev–Trinajstić information content (AvgIpc) is 3.22. The Bertz CT molecular complexity index is 1030. The highest BCUT2D eigenvalue weighted by Crippen LogP contribution is 2.43. The Morgan fingerprint density at radius 2 is 0.733 bits per heavy atom. The third kappa shape index (κ3) is 43.1. The predicted octanol–water partition coefficient (Wildman–Crippen LogP) is 13.9. The van der Waals surface area contributed by atoms with Gasteiger partial charge in [0.05, 0.1) is 13.2 Å². The van der Waals surface area contributed by atoms with Crippen molar-refractivity contribution in [2.75, 3.05) is 19.8 Å². The molecule has 0 aliphatic rings.